The molecule has 0 saturated heterocycles. The van der Waals surface area contributed by atoms with Crippen molar-refractivity contribution < 1.29 is 28.5 Å². The Bertz CT molecular complexity index is 1430. The summed E-state index contributed by atoms with van der Waals surface area (Å²) in [5, 5.41) is 0. The van der Waals surface area contributed by atoms with Crippen LogP contribution in [0.25, 0.3) is 22.3 Å². The largest absolute Gasteiger partial charge is 0.423 e. The number of rotatable bonds is 14. The van der Waals surface area contributed by atoms with Gasteiger partial charge in [-0.2, -0.15) is 0 Å². The SMILES string of the molecule is C=C(COC)C(=O)Oc1ccc(-c2ccc(OC(=O)C(=C)COC)c(-c3ccc(C4CCC(CCCC)CC4)cc3)c2)cc1. The second-order valence-electron chi connectivity index (χ2n) is 11.6. The predicted octanol–water partition coefficient (Wildman–Crippen LogP) is 8.70. The van der Waals surface area contributed by atoms with Crippen LogP contribution in [-0.2, 0) is 19.1 Å². The van der Waals surface area contributed by atoms with Crippen molar-refractivity contribution in [2.75, 3.05) is 27.4 Å². The van der Waals surface area contributed by atoms with Gasteiger partial charge in [0.05, 0.1) is 24.4 Å². The lowest BCUT2D eigenvalue weighted by molar-refractivity contribution is -0.131. The average molecular weight is 597 g/mol. The van der Waals surface area contributed by atoms with Crippen LogP contribution in [0, 0.1) is 5.92 Å². The van der Waals surface area contributed by atoms with Gasteiger partial charge in [0.2, 0.25) is 0 Å². The Labute approximate surface area is 261 Å². The molecule has 232 valence electrons. The van der Waals surface area contributed by atoms with Crippen LogP contribution >= 0.6 is 0 Å². The minimum atomic E-state index is -0.531. The average Bonchev–Trinajstić information content (AvgIpc) is 3.05. The van der Waals surface area contributed by atoms with E-state index < -0.39 is 11.9 Å². The molecule has 6 nitrogen and oxygen atoms in total. The van der Waals surface area contributed by atoms with Crippen LogP contribution in [0.3, 0.4) is 0 Å². The number of carbonyl (C=O) groups excluding carboxylic acids is 2. The highest BCUT2D eigenvalue weighted by molar-refractivity contribution is 5.92. The van der Waals surface area contributed by atoms with E-state index in [1.165, 1.54) is 64.7 Å². The number of hydrogen-bond acceptors (Lipinski definition) is 6. The summed E-state index contributed by atoms with van der Waals surface area (Å²) < 4.78 is 21.2. The first-order chi connectivity index (χ1) is 21.3. The van der Waals surface area contributed by atoms with Crippen LogP contribution < -0.4 is 9.47 Å². The van der Waals surface area contributed by atoms with Crippen molar-refractivity contribution in [2.24, 2.45) is 5.92 Å². The zero-order chi connectivity index (χ0) is 31.5. The predicted molar refractivity (Wildman–Crippen MR) is 175 cm³/mol. The molecular formula is C38H44O6. The first kappa shape index (κ1) is 32.9. The summed E-state index contributed by atoms with van der Waals surface area (Å²) in [4.78, 5) is 24.9. The number of unbranched alkanes of at least 4 members (excludes halogenated alkanes) is 1. The highest BCUT2D eigenvalue weighted by Gasteiger charge is 2.22. The van der Waals surface area contributed by atoms with Crippen LogP contribution in [0.4, 0.5) is 0 Å². The van der Waals surface area contributed by atoms with Gasteiger partial charge in [0, 0.05) is 19.8 Å². The van der Waals surface area contributed by atoms with Crippen molar-refractivity contribution >= 4 is 11.9 Å². The molecule has 1 fully saturated rings. The molecule has 0 spiro atoms. The highest BCUT2D eigenvalue weighted by Crippen LogP contribution is 2.40. The number of carbonyl (C=O) groups is 2. The van der Waals surface area contributed by atoms with Gasteiger partial charge < -0.3 is 18.9 Å². The Morgan fingerprint density at radius 3 is 1.89 bits per heavy atom. The zero-order valence-electron chi connectivity index (χ0n) is 26.2. The fourth-order valence-corrected chi connectivity index (χ4v) is 5.77. The number of esters is 2. The maximum absolute atomic E-state index is 12.8. The first-order valence-electron chi connectivity index (χ1n) is 15.5. The molecule has 0 radical (unpaired) electrons. The lowest BCUT2D eigenvalue weighted by Gasteiger charge is -2.29. The number of methoxy groups -OCH3 is 2. The molecular weight excluding hydrogens is 552 g/mol. The Morgan fingerprint density at radius 1 is 0.727 bits per heavy atom. The molecule has 0 unspecified atom stereocenters. The normalized spacial score (nSPS) is 16.2. The zero-order valence-corrected chi connectivity index (χ0v) is 26.2. The standard InChI is InChI=1S/C38H44O6/c1-6-7-8-28-9-11-29(12-10-28)30-13-15-32(16-14-30)35-23-33(19-22-36(35)44-38(40)27(3)25-42-5)31-17-20-34(21-18-31)43-37(39)26(2)24-41-4/h13-23,28-29H,2-3,6-12,24-25H2,1,4-5H3. The number of ether oxygens (including phenoxy) is 4. The van der Waals surface area contributed by atoms with E-state index in [4.69, 9.17) is 18.9 Å². The fraction of sp³-hybridized carbons (Fsp3) is 0.368. The molecule has 0 amide bonds. The Kier molecular flexibility index (Phi) is 12.1. The second-order valence-corrected chi connectivity index (χ2v) is 11.6. The monoisotopic (exact) mass is 596 g/mol. The van der Waals surface area contributed by atoms with E-state index in [2.05, 4.69) is 44.3 Å². The van der Waals surface area contributed by atoms with Gasteiger partial charge in [-0.05, 0) is 84.0 Å². The van der Waals surface area contributed by atoms with Crippen molar-refractivity contribution in [3.05, 3.63) is 96.6 Å². The third-order valence-corrected chi connectivity index (χ3v) is 8.30. The fourth-order valence-electron chi connectivity index (χ4n) is 5.77. The van der Waals surface area contributed by atoms with Gasteiger partial charge in [0.25, 0.3) is 0 Å². The van der Waals surface area contributed by atoms with Crippen LogP contribution in [0.15, 0.2) is 91.0 Å². The van der Waals surface area contributed by atoms with Gasteiger partial charge in [-0.25, -0.2) is 9.59 Å². The molecule has 0 aromatic heterocycles. The lowest BCUT2D eigenvalue weighted by Crippen LogP contribution is -2.14. The molecule has 0 heterocycles. The molecule has 44 heavy (non-hydrogen) atoms. The molecule has 0 aliphatic heterocycles. The molecule has 1 aliphatic carbocycles. The van der Waals surface area contributed by atoms with E-state index in [1.807, 2.05) is 24.3 Å². The molecule has 1 saturated carbocycles. The van der Waals surface area contributed by atoms with Crippen LogP contribution in [-0.4, -0.2) is 39.4 Å². The van der Waals surface area contributed by atoms with Gasteiger partial charge in [0.15, 0.2) is 0 Å². The minimum Gasteiger partial charge on any atom is -0.423 e. The lowest BCUT2D eigenvalue weighted by atomic mass is 9.77. The van der Waals surface area contributed by atoms with Gasteiger partial charge in [-0.3, -0.25) is 0 Å². The van der Waals surface area contributed by atoms with Gasteiger partial charge >= 0.3 is 11.9 Å². The highest BCUT2D eigenvalue weighted by atomic mass is 16.5. The Balaban J connectivity index is 1.57. The van der Waals surface area contributed by atoms with Crippen molar-refractivity contribution in [3.63, 3.8) is 0 Å². The second kappa shape index (κ2) is 16.2. The molecule has 3 aromatic carbocycles. The van der Waals surface area contributed by atoms with Crippen molar-refractivity contribution in [2.45, 2.75) is 57.8 Å². The Hall–Kier alpha value is -4.00. The van der Waals surface area contributed by atoms with Gasteiger partial charge in [-0.1, -0.05) is 81.8 Å². The summed E-state index contributed by atoms with van der Waals surface area (Å²) in [5.74, 6) is 1.25. The van der Waals surface area contributed by atoms with Crippen molar-refractivity contribution in [3.8, 4) is 33.8 Å². The van der Waals surface area contributed by atoms with E-state index in [9.17, 15) is 9.59 Å². The molecule has 1 aliphatic rings. The van der Waals surface area contributed by atoms with E-state index in [0.29, 0.717) is 17.4 Å². The maximum Gasteiger partial charge on any atom is 0.341 e. The van der Waals surface area contributed by atoms with E-state index in [1.54, 1.807) is 18.2 Å². The quantitative estimate of drug-likeness (QED) is 0.105. The molecule has 6 heteroatoms. The van der Waals surface area contributed by atoms with Gasteiger partial charge in [0.1, 0.15) is 11.5 Å². The minimum absolute atomic E-state index is 0.0946. The summed E-state index contributed by atoms with van der Waals surface area (Å²) in [5.41, 5.74) is 5.43. The number of benzene rings is 3. The van der Waals surface area contributed by atoms with E-state index >= 15 is 0 Å². The van der Waals surface area contributed by atoms with Crippen LogP contribution in [0.2, 0.25) is 0 Å². The van der Waals surface area contributed by atoms with Crippen LogP contribution in [0.1, 0.15) is 63.4 Å². The van der Waals surface area contributed by atoms with E-state index in [-0.39, 0.29) is 24.4 Å². The topological polar surface area (TPSA) is 71.1 Å². The van der Waals surface area contributed by atoms with E-state index in [0.717, 1.165) is 28.2 Å². The van der Waals surface area contributed by atoms with Crippen LogP contribution in [0.5, 0.6) is 11.5 Å². The molecule has 4 rings (SSSR count). The molecule has 0 atom stereocenters. The van der Waals surface area contributed by atoms with Crippen molar-refractivity contribution in [1.82, 2.24) is 0 Å². The summed E-state index contributed by atoms with van der Waals surface area (Å²) in [6.07, 6.45) is 9.04. The Morgan fingerprint density at radius 2 is 1.30 bits per heavy atom. The first-order valence-corrected chi connectivity index (χ1v) is 15.5. The summed E-state index contributed by atoms with van der Waals surface area (Å²) in [6, 6.07) is 21.6. The summed E-state index contributed by atoms with van der Waals surface area (Å²) >= 11 is 0. The molecule has 0 bridgehead atoms. The van der Waals surface area contributed by atoms with Gasteiger partial charge in [-0.15, -0.1) is 0 Å². The third-order valence-electron chi connectivity index (χ3n) is 8.30. The summed E-state index contributed by atoms with van der Waals surface area (Å²) in [6.45, 7) is 9.96. The molecule has 3 aromatic rings. The smallest absolute Gasteiger partial charge is 0.341 e. The maximum atomic E-state index is 12.8. The summed E-state index contributed by atoms with van der Waals surface area (Å²) in [7, 11) is 3.01. The third kappa shape index (κ3) is 8.77. The van der Waals surface area contributed by atoms with Crippen molar-refractivity contribution in [1.29, 1.82) is 0 Å². The molecule has 0 N–H and O–H groups in total. The number of hydrogen-bond donors (Lipinski definition) is 0.